The molecule has 3 aromatic rings. The molecule has 5 nitrogen and oxygen atoms in total. The Kier molecular flexibility index (Phi) is 4.48. The summed E-state index contributed by atoms with van der Waals surface area (Å²) in [6.07, 6.45) is 3.57. The van der Waals surface area contributed by atoms with Gasteiger partial charge in [-0.05, 0) is 55.3 Å². The second-order valence-corrected chi connectivity index (χ2v) is 6.52. The summed E-state index contributed by atoms with van der Waals surface area (Å²) in [5, 5.41) is 7.45. The van der Waals surface area contributed by atoms with Gasteiger partial charge in [0.25, 0.3) is 5.91 Å². The van der Waals surface area contributed by atoms with E-state index in [1.165, 1.54) is 12.1 Å². The van der Waals surface area contributed by atoms with Crippen molar-refractivity contribution in [2.24, 2.45) is 0 Å². The van der Waals surface area contributed by atoms with E-state index in [1.807, 2.05) is 17.0 Å². The van der Waals surface area contributed by atoms with E-state index < -0.39 is 0 Å². The third kappa shape index (κ3) is 3.35. The van der Waals surface area contributed by atoms with Gasteiger partial charge in [-0.3, -0.25) is 14.9 Å². The highest BCUT2D eigenvalue weighted by Gasteiger charge is 2.27. The third-order valence-electron chi connectivity index (χ3n) is 4.77. The van der Waals surface area contributed by atoms with Crippen LogP contribution in [-0.2, 0) is 0 Å². The number of likely N-dealkylation sites (tertiary alicyclic amines) is 1. The molecule has 1 aliphatic rings. The van der Waals surface area contributed by atoms with E-state index in [-0.39, 0.29) is 17.6 Å². The minimum Gasteiger partial charge on any atom is -0.337 e. The van der Waals surface area contributed by atoms with Crippen LogP contribution in [0.15, 0.2) is 54.7 Å². The maximum Gasteiger partial charge on any atom is 0.272 e. The van der Waals surface area contributed by atoms with Crippen molar-refractivity contribution in [3.05, 3.63) is 71.9 Å². The zero-order valence-corrected chi connectivity index (χ0v) is 14.2. The molecule has 1 amide bonds. The van der Waals surface area contributed by atoms with Gasteiger partial charge in [-0.1, -0.05) is 6.07 Å². The zero-order chi connectivity index (χ0) is 17.9. The highest BCUT2D eigenvalue weighted by Crippen LogP contribution is 2.29. The average Bonchev–Trinajstić information content (AvgIpc) is 3.19. The first kappa shape index (κ1) is 16.4. The monoisotopic (exact) mass is 350 g/mol. The van der Waals surface area contributed by atoms with Crippen molar-refractivity contribution in [2.45, 2.75) is 18.8 Å². The second kappa shape index (κ2) is 7.07. The fourth-order valence-electron chi connectivity index (χ4n) is 3.38. The third-order valence-corrected chi connectivity index (χ3v) is 4.77. The van der Waals surface area contributed by atoms with Crippen LogP contribution in [0, 0.1) is 5.82 Å². The number of H-pyrrole nitrogens is 1. The number of hydrogen-bond donors (Lipinski definition) is 1. The Hall–Kier alpha value is -3.02. The van der Waals surface area contributed by atoms with Crippen molar-refractivity contribution in [1.29, 1.82) is 0 Å². The van der Waals surface area contributed by atoms with Gasteiger partial charge in [-0.25, -0.2) is 4.39 Å². The van der Waals surface area contributed by atoms with Crippen molar-refractivity contribution in [3.8, 4) is 11.3 Å². The maximum atomic E-state index is 13.1. The molecule has 4 rings (SSSR count). The van der Waals surface area contributed by atoms with E-state index in [0.717, 1.165) is 36.3 Å². The molecule has 1 aliphatic heterocycles. The maximum absolute atomic E-state index is 13.1. The molecule has 1 unspecified atom stereocenters. The number of nitrogens with one attached hydrogen (secondary N) is 1. The molecule has 0 aliphatic carbocycles. The van der Waals surface area contributed by atoms with Gasteiger partial charge >= 0.3 is 0 Å². The van der Waals surface area contributed by atoms with Gasteiger partial charge in [0, 0.05) is 36.5 Å². The fourth-order valence-corrected chi connectivity index (χ4v) is 3.38. The minimum absolute atomic E-state index is 0.0337. The molecule has 26 heavy (non-hydrogen) atoms. The summed E-state index contributed by atoms with van der Waals surface area (Å²) in [5.74, 6) is -0.0906. The number of rotatable bonds is 3. The van der Waals surface area contributed by atoms with Crippen molar-refractivity contribution in [2.75, 3.05) is 13.1 Å². The molecule has 0 saturated carbocycles. The summed E-state index contributed by atoms with van der Waals surface area (Å²) in [6.45, 7) is 1.38. The number of hydrogen-bond acceptors (Lipinski definition) is 3. The Labute approximate surface area is 150 Å². The van der Waals surface area contributed by atoms with Crippen LogP contribution in [0.2, 0.25) is 0 Å². The predicted octanol–water partition coefficient (Wildman–Crippen LogP) is 3.63. The molecule has 1 saturated heterocycles. The second-order valence-electron chi connectivity index (χ2n) is 6.52. The highest BCUT2D eigenvalue weighted by atomic mass is 19.1. The first-order valence-electron chi connectivity index (χ1n) is 8.72. The van der Waals surface area contributed by atoms with Crippen molar-refractivity contribution in [3.63, 3.8) is 0 Å². The number of nitrogens with zero attached hydrogens (tertiary/aromatic N) is 3. The van der Waals surface area contributed by atoms with Gasteiger partial charge in [0.15, 0.2) is 0 Å². The molecule has 0 spiro atoms. The smallest absolute Gasteiger partial charge is 0.272 e. The predicted molar refractivity (Wildman–Crippen MR) is 96.1 cm³/mol. The molecule has 1 fully saturated rings. The number of piperidine rings is 1. The molecule has 1 N–H and O–H groups in total. The lowest BCUT2D eigenvalue weighted by Crippen LogP contribution is -2.39. The fraction of sp³-hybridized carbons (Fsp3) is 0.250. The van der Waals surface area contributed by atoms with Gasteiger partial charge in [-0.15, -0.1) is 0 Å². The molecular weight excluding hydrogens is 331 g/mol. The molecule has 1 atom stereocenters. The SMILES string of the molecule is O=C(c1ccccn1)N1CCCC(c2cc(-c3ccc(F)cc3)n[nH]2)C1. The Morgan fingerprint density at radius 2 is 2.04 bits per heavy atom. The Bertz CT molecular complexity index is 892. The van der Waals surface area contributed by atoms with E-state index in [0.29, 0.717) is 12.2 Å². The average molecular weight is 350 g/mol. The molecule has 1 aromatic carbocycles. The van der Waals surface area contributed by atoms with Crippen molar-refractivity contribution >= 4 is 5.91 Å². The molecular formula is C20H19FN4O. The Balaban J connectivity index is 1.50. The van der Waals surface area contributed by atoms with Gasteiger partial charge < -0.3 is 4.90 Å². The van der Waals surface area contributed by atoms with E-state index in [2.05, 4.69) is 15.2 Å². The van der Waals surface area contributed by atoms with Crippen LogP contribution < -0.4 is 0 Å². The molecule has 3 heterocycles. The lowest BCUT2D eigenvalue weighted by molar-refractivity contribution is 0.0700. The van der Waals surface area contributed by atoms with Crippen LogP contribution in [0.3, 0.4) is 0 Å². The van der Waals surface area contributed by atoms with Crippen LogP contribution in [0.1, 0.15) is 34.9 Å². The normalized spacial score (nSPS) is 17.3. The number of amides is 1. The first-order chi connectivity index (χ1) is 12.7. The number of aromatic amines is 1. The van der Waals surface area contributed by atoms with Gasteiger partial charge in [-0.2, -0.15) is 5.10 Å². The lowest BCUT2D eigenvalue weighted by Gasteiger charge is -2.32. The summed E-state index contributed by atoms with van der Waals surface area (Å²) in [4.78, 5) is 18.7. The van der Waals surface area contributed by atoms with Crippen molar-refractivity contribution < 1.29 is 9.18 Å². The standard InChI is InChI=1S/C20H19FN4O/c21-16-8-6-14(7-9-16)18-12-19(24-23-18)15-4-3-11-25(13-15)20(26)17-5-1-2-10-22-17/h1-2,5-10,12,15H,3-4,11,13H2,(H,23,24). The lowest BCUT2D eigenvalue weighted by atomic mass is 9.94. The van der Waals surface area contributed by atoms with Crippen LogP contribution in [0.5, 0.6) is 0 Å². The Morgan fingerprint density at radius 3 is 2.81 bits per heavy atom. The number of benzene rings is 1. The number of pyridine rings is 1. The number of carbonyl (C=O) groups excluding carboxylic acids is 1. The highest BCUT2D eigenvalue weighted by molar-refractivity contribution is 5.92. The Morgan fingerprint density at radius 1 is 1.19 bits per heavy atom. The van der Waals surface area contributed by atoms with Gasteiger partial charge in [0.1, 0.15) is 11.5 Å². The van der Waals surface area contributed by atoms with Crippen LogP contribution in [0.4, 0.5) is 4.39 Å². The first-order valence-corrected chi connectivity index (χ1v) is 8.72. The molecule has 0 radical (unpaired) electrons. The van der Waals surface area contributed by atoms with E-state index >= 15 is 0 Å². The van der Waals surface area contributed by atoms with Crippen molar-refractivity contribution in [1.82, 2.24) is 20.1 Å². The molecule has 132 valence electrons. The zero-order valence-electron chi connectivity index (χ0n) is 14.2. The van der Waals surface area contributed by atoms with Crippen LogP contribution in [0.25, 0.3) is 11.3 Å². The number of aromatic nitrogens is 3. The number of halogens is 1. The largest absolute Gasteiger partial charge is 0.337 e. The summed E-state index contributed by atoms with van der Waals surface area (Å²) in [6, 6.07) is 13.7. The molecule has 0 bridgehead atoms. The topological polar surface area (TPSA) is 61.9 Å². The minimum atomic E-state index is -0.263. The van der Waals surface area contributed by atoms with E-state index in [9.17, 15) is 9.18 Å². The summed E-state index contributed by atoms with van der Waals surface area (Å²) in [7, 11) is 0. The summed E-state index contributed by atoms with van der Waals surface area (Å²) in [5.41, 5.74) is 3.13. The molecule has 2 aromatic heterocycles. The number of carbonyl (C=O) groups is 1. The van der Waals surface area contributed by atoms with Gasteiger partial charge in [0.05, 0.1) is 5.69 Å². The van der Waals surface area contributed by atoms with E-state index in [4.69, 9.17) is 0 Å². The van der Waals surface area contributed by atoms with E-state index in [1.54, 1.807) is 30.5 Å². The van der Waals surface area contributed by atoms with Crippen LogP contribution in [-0.4, -0.2) is 39.1 Å². The van der Waals surface area contributed by atoms with Gasteiger partial charge in [0.2, 0.25) is 0 Å². The summed E-state index contributed by atoms with van der Waals surface area (Å²) < 4.78 is 13.1. The quantitative estimate of drug-likeness (QED) is 0.785. The van der Waals surface area contributed by atoms with Crippen LogP contribution >= 0.6 is 0 Å². The summed E-state index contributed by atoms with van der Waals surface area (Å²) >= 11 is 0. The molecule has 6 heteroatoms.